The molecule has 1 aliphatic rings. The molecule has 150 valence electrons. The van der Waals surface area contributed by atoms with Crippen LogP contribution in [0, 0.1) is 6.92 Å². The number of aryl methyl sites for hydroxylation is 1. The number of carbonyl (C=O) groups excluding carboxylic acids is 1. The van der Waals surface area contributed by atoms with Gasteiger partial charge in [0.15, 0.2) is 0 Å². The topological polar surface area (TPSA) is 92.1 Å². The number of nitrogens with one attached hydrogen (secondary N) is 1. The number of rotatable bonds is 4. The lowest BCUT2D eigenvalue weighted by atomic mass is 10.0. The first kappa shape index (κ1) is 19.4. The van der Waals surface area contributed by atoms with Crippen LogP contribution in [0.4, 0.5) is 0 Å². The Hall–Kier alpha value is -2.93. The van der Waals surface area contributed by atoms with Gasteiger partial charge in [-0.3, -0.25) is 4.79 Å². The van der Waals surface area contributed by atoms with Crippen molar-refractivity contribution in [1.82, 2.24) is 19.9 Å². The van der Waals surface area contributed by atoms with E-state index in [9.17, 15) is 9.59 Å². The van der Waals surface area contributed by atoms with Crippen molar-refractivity contribution in [3.8, 4) is 0 Å². The van der Waals surface area contributed by atoms with Crippen LogP contribution in [0.25, 0.3) is 0 Å². The average molecular weight is 413 g/mol. The third kappa shape index (κ3) is 4.40. The maximum absolute atomic E-state index is 13.0. The molecule has 1 N–H and O–H groups in total. The fraction of sp³-hybridized carbons (Fsp3) is 0.333. The lowest BCUT2D eigenvalue weighted by Crippen LogP contribution is -2.39. The molecule has 1 fully saturated rings. The number of halogens is 1. The Kier molecular flexibility index (Phi) is 5.49. The van der Waals surface area contributed by atoms with E-state index in [1.165, 1.54) is 0 Å². The van der Waals surface area contributed by atoms with E-state index in [-0.39, 0.29) is 17.6 Å². The molecule has 1 aromatic carbocycles. The Balaban J connectivity index is 1.57. The van der Waals surface area contributed by atoms with Gasteiger partial charge in [0, 0.05) is 23.7 Å². The monoisotopic (exact) mass is 412 g/mol. The number of aromatic amines is 1. The summed E-state index contributed by atoms with van der Waals surface area (Å²) < 4.78 is 5.99. The minimum Gasteiger partial charge on any atom is -0.443 e. The first-order chi connectivity index (χ1) is 14.0. The number of H-pyrrole nitrogens is 1. The van der Waals surface area contributed by atoms with Crippen LogP contribution < -0.4 is 5.69 Å². The van der Waals surface area contributed by atoms with Crippen molar-refractivity contribution < 1.29 is 9.21 Å². The summed E-state index contributed by atoms with van der Waals surface area (Å²) in [4.78, 5) is 37.3. The third-order valence-electron chi connectivity index (χ3n) is 4.99. The van der Waals surface area contributed by atoms with Crippen LogP contribution in [0.1, 0.15) is 58.7 Å². The first-order valence-corrected chi connectivity index (χ1v) is 9.95. The van der Waals surface area contributed by atoms with Gasteiger partial charge in [0.25, 0.3) is 5.91 Å². The molecule has 3 aromatic rings. The molecule has 8 heteroatoms. The molecule has 0 spiro atoms. The average Bonchev–Trinajstić information content (AvgIpc) is 3.15. The Morgan fingerprint density at radius 2 is 2.21 bits per heavy atom. The van der Waals surface area contributed by atoms with Gasteiger partial charge in [0.1, 0.15) is 17.5 Å². The van der Waals surface area contributed by atoms with Crippen LogP contribution in [-0.4, -0.2) is 32.3 Å². The quantitative estimate of drug-likeness (QED) is 0.705. The number of piperidine rings is 1. The Labute approximate surface area is 172 Å². The smallest absolute Gasteiger partial charge is 0.345 e. The molecule has 1 aliphatic heterocycles. The number of likely N-dealkylation sites (tertiary alicyclic amines) is 1. The molecule has 2 aromatic heterocycles. The molecule has 1 amide bonds. The second-order valence-electron chi connectivity index (χ2n) is 7.24. The zero-order valence-corrected chi connectivity index (χ0v) is 16.8. The van der Waals surface area contributed by atoms with Gasteiger partial charge in [-0.15, -0.1) is 0 Å². The van der Waals surface area contributed by atoms with Crippen molar-refractivity contribution >= 4 is 17.5 Å². The van der Waals surface area contributed by atoms with Gasteiger partial charge in [-0.2, -0.15) is 4.98 Å². The number of benzene rings is 1. The standard InChI is InChI=1S/C21H21ClN4O3/c1-13-9-17(25-21(28)24-13)20(27)26-8-3-2-7-18(26)19-23-12-16(29-19)11-14-5-4-6-15(22)10-14/h4-6,9-10,12,18H,2-3,7-8,11H2,1H3,(H,24,25,28)/t18-/m1/s1. The molecule has 29 heavy (non-hydrogen) atoms. The molecule has 3 heterocycles. The summed E-state index contributed by atoms with van der Waals surface area (Å²) in [6.07, 6.45) is 4.89. The SMILES string of the molecule is Cc1cc(C(=O)N2CCCC[C@@H]2c2ncc(Cc3cccc(Cl)c3)o2)nc(=O)[nH]1. The number of hydrogen-bond donors (Lipinski definition) is 1. The molecular formula is C21H21ClN4O3. The molecule has 4 rings (SSSR count). The van der Waals surface area contributed by atoms with Crippen LogP contribution in [0.3, 0.4) is 0 Å². The van der Waals surface area contributed by atoms with Crippen molar-refractivity contribution in [3.63, 3.8) is 0 Å². The minimum atomic E-state index is -0.526. The molecule has 0 unspecified atom stereocenters. The summed E-state index contributed by atoms with van der Waals surface area (Å²) in [6, 6.07) is 8.91. The lowest BCUT2D eigenvalue weighted by molar-refractivity contribution is 0.0563. The van der Waals surface area contributed by atoms with Crippen LogP contribution >= 0.6 is 11.6 Å². The highest BCUT2D eigenvalue weighted by Crippen LogP contribution is 2.32. The summed E-state index contributed by atoms with van der Waals surface area (Å²) >= 11 is 6.05. The molecule has 0 saturated carbocycles. The van der Waals surface area contributed by atoms with Gasteiger partial charge < -0.3 is 14.3 Å². The zero-order valence-electron chi connectivity index (χ0n) is 16.0. The van der Waals surface area contributed by atoms with Gasteiger partial charge >= 0.3 is 5.69 Å². The maximum Gasteiger partial charge on any atom is 0.345 e. The van der Waals surface area contributed by atoms with Gasteiger partial charge in [0.2, 0.25) is 5.89 Å². The first-order valence-electron chi connectivity index (χ1n) is 9.57. The van der Waals surface area contributed by atoms with Gasteiger partial charge in [-0.1, -0.05) is 23.7 Å². The molecule has 1 atom stereocenters. The predicted octanol–water partition coefficient (Wildman–Crippen LogP) is 3.68. The van der Waals surface area contributed by atoms with E-state index in [2.05, 4.69) is 15.0 Å². The largest absolute Gasteiger partial charge is 0.443 e. The van der Waals surface area contributed by atoms with Crippen molar-refractivity contribution in [2.24, 2.45) is 0 Å². The summed E-state index contributed by atoms with van der Waals surface area (Å²) in [6.45, 7) is 2.30. The fourth-order valence-electron chi connectivity index (χ4n) is 3.67. The van der Waals surface area contributed by atoms with E-state index in [1.807, 2.05) is 24.3 Å². The third-order valence-corrected chi connectivity index (χ3v) is 5.22. The van der Waals surface area contributed by atoms with Crippen molar-refractivity contribution in [2.75, 3.05) is 6.54 Å². The van der Waals surface area contributed by atoms with Crippen LogP contribution in [0.2, 0.25) is 5.02 Å². The summed E-state index contributed by atoms with van der Waals surface area (Å²) in [5.41, 5.74) is 1.24. The molecule has 0 aliphatic carbocycles. The second kappa shape index (κ2) is 8.21. The van der Waals surface area contributed by atoms with Gasteiger partial charge in [0.05, 0.1) is 6.20 Å². The summed E-state index contributed by atoms with van der Waals surface area (Å²) in [7, 11) is 0. The fourth-order valence-corrected chi connectivity index (χ4v) is 3.89. The normalized spacial score (nSPS) is 16.8. The number of carbonyl (C=O) groups is 1. The molecular weight excluding hydrogens is 392 g/mol. The molecule has 0 bridgehead atoms. The number of aromatic nitrogens is 3. The van der Waals surface area contributed by atoms with Crippen LogP contribution in [0.15, 0.2) is 45.7 Å². The van der Waals surface area contributed by atoms with Crippen molar-refractivity contribution in [3.05, 3.63) is 80.6 Å². The van der Waals surface area contributed by atoms with E-state index >= 15 is 0 Å². The van der Waals surface area contributed by atoms with Gasteiger partial charge in [-0.05, 0) is 49.9 Å². The molecule has 7 nitrogen and oxygen atoms in total. The van der Waals surface area contributed by atoms with E-state index < -0.39 is 5.69 Å². The van der Waals surface area contributed by atoms with E-state index in [0.29, 0.717) is 35.3 Å². The Morgan fingerprint density at radius 3 is 3.00 bits per heavy atom. The molecule has 1 saturated heterocycles. The van der Waals surface area contributed by atoms with E-state index in [1.54, 1.807) is 24.1 Å². The van der Waals surface area contributed by atoms with Crippen LogP contribution in [-0.2, 0) is 6.42 Å². The summed E-state index contributed by atoms with van der Waals surface area (Å²) in [5.74, 6) is 0.945. The number of amides is 1. The highest BCUT2D eigenvalue weighted by Gasteiger charge is 2.32. The van der Waals surface area contributed by atoms with Crippen molar-refractivity contribution in [2.45, 2.75) is 38.6 Å². The maximum atomic E-state index is 13.0. The number of hydrogen-bond acceptors (Lipinski definition) is 5. The highest BCUT2D eigenvalue weighted by molar-refractivity contribution is 6.30. The van der Waals surface area contributed by atoms with E-state index in [4.69, 9.17) is 16.0 Å². The minimum absolute atomic E-state index is 0.142. The molecule has 0 radical (unpaired) electrons. The number of nitrogens with zero attached hydrogens (tertiary/aromatic N) is 3. The van der Waals surface area contributed by atoms with Crippen molar-refractivity contribution in [1.29, 1.82) is 0 Å². The highest BCUT2D eigenvalue weighted by atomic mass is 35.5. The van der Waals surface area contributed by atoms with Crippen LogP contribution in [0.5, 0.6) is 0 Å². The summed E-state index contributed by atoms with van der Waals surface area (Å²) in [5, 5.41) is 0.673. The number of oxazole rings is 1. The Morgan fingerprint density at radius 1 is 1.34 bits per heavy atom. The zero-order chi connectivity index (χ0) is 20.4. The Bertz CT molecular complexity index is 1090. The lowest BCUT2D eigenvalue weighted by Gasteiger charge is -2.33. The van der Waals surface area contributed by atoms with E-state index in [0.717, 1.165) is 24.8 Å². The van der Waals surface area contributed by atoms with Gasteiger partial charge in [-0.25, -0.2) is 9.78 Å². The predicted molar refractivity (Wildman–Crippen MR) is 108 cm³/mol. The second-order valence-corrected chi connectivity index (χ2v) is 7.67.